The van der Waals surface area contributed by atoms with E-state index in [1.54, 1.807) is 7.11 Å². The van der Waals surface area contributed by atoms with Crippen LogP contribution in [0.1, 0.15) is 5.56 Å². The van der Waals surface area contributed by atoms with Crippen molar-refractivity contribution in [2.45, 2.75) is 19.6 Å². The van der Waals surface area contributed by atoms with E-state index >= 15 is 0 Å². The normalized spacial score (nSPS) is 11.6. The fraction of sp³-hybridized carbons (Fsp3) is 0.357. The summed E-state index contributed by atoms with van der Waals surface area (Å²) in [4.78, 5) is 4.36. The van der Waals surface area contributed by atoms with Gasteiger partial charge in [0, 0.05) is 5.56 Å². The Morgan fingerprint density at radius 1 is 1.24 bits per heavy atom. The van der Waals surface area contributed by atoms with Crippen LogP contribution in [0.5, 0.6) is 0 Å². The lowest BCUT2D eigenvalue weighted by atomic mass is 10.2. The minimum Gasteiger partial charge on any atom is -0.481 e. The number of rotatable bonds is 2. The highest BCUT2D eigenvalue weighted by atomic mass is 28.3. The van der Waals surface area contributed by atoms with Crippen LogP contribution in [0.15, 0.2) is 35.3 Å². The summed E-state index contributed by atoms with van der Waals surface area (Å²) in [5.41, 5.74) is 4.27. The van der Waals surface area contributed by atoms with Crippen molar-refractivity contribution >= 4 is 14.0 Å². The molecule has 1 aromatic carbocycles. The zero-order valence-electron chi connectivity index (χ0n) is 10.9. The number of hydrogen-bond acceptors (Lipinski definition) is 2. The first kappa shape index (κ1) is 13.5. The number of ether oxygens (including phenoxy) is 1. The molecule has 0 unspecified atom stereocenters. The van der Waals surface area contributed by atoms with E-state index in [-0.39, 0.29) is 0 Å². The number of nitrogens with zero attached hydrogens (tertiary/aromatic N) is 1. The molecule has 3 heteroatoms. The lowest BCUT2D eigenvalue weighted by Gasteiger charge is -2.04. The molecule has 0 aliphatic carbocycles. The third kappa shape index (κ3) is 5.37. The molecular weight excluding hydrogens is 226 g/mol. The minimum absolute atomic E-state index is 0.502. The summed E-state index contributed by atoms with van der Waals surface area (Å²) in [6, 6.07) is 9.87. The predicted octanol–water partition coefficient (Wildman–Crippen LogP) is 2.96. The van der Waals surface area contributed by atoms with Crippen molar-refractivity contribution in [3.63, 3.8) is 0 Å². The molecule has 0 atom stereocenters. The molecule has 17 heavy (non-hydrogen) atoms. The van der Waals surface area contributed by atoms with Crippen LogP contribution in [0.2, 0.25) is 19.6 Å². The smallest absolute Gasteiger partial charge is 0.216 e. The standard InChI is InChI=1S/C14H19NOSi/c1-16-14(13-9-6-5-7-10-13)15-11-8-12-17(2,3)4/h5-7,9-10H,11H2,1-4H3. The summed E-state index contributed by atoms with van der Waals surface area (Å²) in [6.07, 6.45) is 0. The van der Waals surface area contributed by atoms with Crippen LogP contribution in [-0.2, 0) is 4.74 Å². The molecule has 0 bridgehead atoms. The molecule has 2 nitrogen and oxygen atoms in total. The quantitative estimate of drug-likeness (QED) is 0.340. The molecule has 0 amide bonds. The third-order valence-corrected chi connectivity index (χ3v) is 2.91. The molecule has 1 aromatic rings. The third-order valence-electron chi connectivity index (χ3n) is 1.98. The highest BCUT2D eigenvalue weighted by Gasteiger charge is 2.07. The van der Waals surface area contributed by atoms with Gasteiger partial charge in [-0.15, -0.1) is 5.54 Å². The Balaban J connectivity index is 2.72. The molecule has 0 radical (unpaired) electrons. The summed E-state index contributed by atoms with van der Waals surface area (Å²) in [7, 11) is 0.347. The van der Waals surface area contributed by atoms with E-state index in [1.807, 2.05) is 30.3 Å². The van der Waals surface area contributed by atoms with Gasteiger partial charge in [-0.2, -0.15) is 0 Å². The summed E-state index contributed by atoms with van der Waals surface area (Å²) in [5.74, 6) is 3.75. The second kappa shape index (κ2) is 6.26. The van der Waals surface area contributed by atoms with Gasteiger partial charge in [0.05, 0.1) is 7.11 Å². The van der Waals surface area contributed by atoms with Crippen molar-refractivity contribution in [2.24, 2.45) is 4.99 Å². The largest absolute Gasteiger partial charge is 0.481 e. The Morgan fingerprint density at radius 3 is 2.41 bits per heavy atom. The lowest BCUT2D eigenvalue weighted by Crippen LogP contribution is -2.16. The highest BCUT2D eigenvalue weighted by molar-refractivity contribution is 6.83. The van der Waals surface area contributed by atoms with Crippen molar-refractivity contribution in [3.05, 3.63) is 35.9 Å². The fourth-order valence-corrected chi connectivity index (χ4v) is 1.88. The van der Waals surface area contributed by atoms with Crippen molar-refractivity contribution in [1.82, 2.24) is 0 Å². The number of methoxy groups -OCH3 is 1. The first-order valence-corrected chi connectivity index (χ1v) is 9.17. The zero-order chi connectivity index (χ0) is 12.7. The monoisotopic (exact) mass is 245 g/mol. The van der Waals surface area contributed by atoms with E-state index in [1.165, 1.54) is 0 Å². The van der Waals surface area contributed by atoms with Gasteiger partial charge in [0.1, 0.15) is 14.6 Å². The van der Waals surface area contributed by atoms with Gasteiger partial charge in [0.15, 0.2) is 0 Å². The van der Waals surface area contributed by atoms with Gasteiger partial charge in [-0.25, -0.2) is 4.99 Å². The van der Waals surface area contributed by atoms with Gasteiger partial charge in [0.25, 0.3) is 0 Å². The van der Waals surface area contributed by atoms with Crippen LogP contribution in [0.25, 0.3) is 0 Å². The molecule has 0 fully saturated rings. The first-order valence-electron chi connectivity index (χ1n) is 5.67. The van der Waals surface area contributed by atoms with Crippen LogP contribution in [-0.4, -0.2) is 27.6 Å². The molecule has 0 heterocycles. The van der Waals surface area contributed by atoms with Crippen molar-refractivity contribution in [2.75, 3.05) is 13.7 Å². The van der Waals surface area contributed by atoms with Crippen molar-refractivity contribution in [3.8, 4) is 11.5 Å². The van der Waals surface area contributed by atoms with Crippen molar-refractivity contribution in [1.29, 1.82) is 0 Å². The van der Waals surface area contributed by atoms with E-state index in [4.69, 9.17) is 4.74 Å². The van der Waals surface area contributed by atoms with Crippen LogP contribution in [0.3, 0.4) is 0 Å². The first-order chi connectivity index (χ1) is 8.03. The van der Waals surface area contributed by atoms with Gasteiger partial charge >= 0.3 is 0 Å². The summed E-state index contributed by atoms with van der Waals surface area (Å²) in [5, 5.41) is 0. The van der Waals surface area contributed by atoms with Crippen LogP contribution >= 0.6 is 0 Å². The molecule has 1 rings (SSSR count). The lowest BCUT2D eigenvalue weighted by molar-refractivity contribution is 0.403. The van der Waals surface area contributed by atoms with E-state index in [0.29, 0.717) is 12.4 Å². The Kier molecular flexibility index (Phi) is 4.99. The van der Waals surface area contributed by atoms with Crippen molar-refractivity contribution < 1.29 is 4.74 Å². The van der Waals surface area contributed by atoms with Gasteiger partial charge in [-0.05, 0) is 12.1 Å². The Labute approximate surface area is 105 Å². The Bertz CT molecular complexity index is 435. The van der Waals surface area contributed by atoms with E-state index in [9.17, 15) is 0 Å². The van der Waals surface area contributed by atoms with E-state index in [2.05, 4.69) is 36.1 Å². The number of hydrogen-bond donors (Lipinski definition) is 0. The maximum Gasteiger partial charge on any atom is 0.216 e. The van der Waals surface area contributed by atoms with Gasteiger partial charge in [-0.1, -0.05) is 43.8 Å². The average molecular weight is 245 g/mol. The number of benzene rings is 1. The van der Waals surface area contributed by atoms with E-state index in [0.717, 1.165) is 5.56 Å². The van der Waals surface area contributed by atoms with E-state index < -0.39 is 8.07 Å². The Hall–Kier alpha value is -1.53. The maximum atomic E-state index is 5.26. The minimum atomic E-state index is -1.29. The molecule has 0 aromatic heterocycles. The molecule has 0 aliphatic heterocycles. The SMILES string of the molecule is COC(=NCC#C[Si](C)(C)C)c1ccccc1. The fourth-order valence-electron chi connectivity index (χ4n) is 1.27. The van der Waals surface area contributed by atoms with Crippen LogP contribution in [0.4, 0.5) is 0 Å². The summed E-state index contributed by atoms with van der Waals surface area (Å²) in [6.45, 7) is 7.16. The predicted molar refractivity (Wildman–Crippen MR) is 76.0 cm³/mol. The van der Waals surface area contributed by atoms with Crippen LogP contribution in [0, 0.1) is 11.5 Å². The average Bonchev–Trinajstić information content (AvgIpc) is 2.29. The molecule has 0 saturated carbocycles. The Morgan fingerprint density at radius 2 is 1.88 bits per heavy atom. The molecule has 0 saturated heterocycles. The molecular formula is C14H19NOSi. The zero-order valence-corrected chi connectivity index (χ0v) is 11.9. The van der Waals surface area contributed by atoms with Gasteiger partial charge < -0.3 is 4.74 Å². The second-order valence-electron chi connectivity index (χ2n) is 4.74. The summed E-state index contributed by atoms with van der Waals surface area (Å²) >= 11 is 0. The van der Waals surface area contributed by atoms with Crippen LogP contribution < -0.4 is 0 Å². The topological polar surface area (TPSA) is 21.6 Å². The van der Waals surface area contributed by atoms with Gasteiger partial charge in [0.2, 0.25) is 5.90 Å². The molecule has 0 N–H and O–H groups in total. The van der Waals surface area contributed by atoms with Gasteiger partial charge in [-0.3, -0.25) is 0 Å². The molecule has 90 valence electrons. The molecule has 0 aliphatic rings. The number of aliphatic imine (C=N–C) groups is 1. The summed E-state index contributed by atoms with van der Waals surface area (Å²) < 4.78 is 5.26. The maximum absolute atomic E-state index is 5.26. The highest BCUT2D eigenvalue weighted by Crippen LogP contribution is 2.02. The second-order valence-corrected chi connectivity index (χ2v) is 9.49. The molecule has 0 spiro atoms.